The van der Waals surface area contributed by atoms with Crippen LogP contribution in [0.5, 0.6) is 5.75 Å². The van der Waals surface area contributed by atoms with Gasteiger partial charge in [0, 0.05) is 0 Å². The fourth-order valence-corrected chi connectivity index (χ4v) is 2.54. The summed E-state index contributed by atoms with van der Waals surface area (Å²) in [6.07, 6.45) is 0. The monoisotopic (exact) mass is 351 g/mol. The molecule has 0 saturated carbocycles. The molecule has 128 valence electrons. The minimum atomic E-state index is -0.449. The van der Waals surface area contributed by atoms with Crippen molar-refractivity contribution in [1.82, 2.24) is 5.32 Å². The summed E-state index contributed by atoms with van der Waals surface area (Å²) in [5.74, 6) is -0.428. The molecule has 0 aliphatic heterocycles. The largest absolute Gasteiger partial charge is 0.482 e. The minimum Gasteiger partial charge on any atom is -0.482 e. The Morgan fingerprint density at radius 1 is 1.25 bits per heavy atom. The van der Waals surface area contributed by atoms with Gasteiger partial charge in [-0.2, -0.15) is 0 Å². The Morgan fingerprint density at radius 2 is 1.96 bits per heavy atom. The van der Waals surface area contributed by atoms with Gasteiger partial charge < -0.3 is 15.0 Å². The van der Waals surface area contributed by atoms with Crippen LogP contribution < -0.4 is 15.0 Å². The Balaban J connectivity index is 1.97. The number of likely N-dealkylation sites (N-methyl/N-ethyl adjacent to an activating group) is 1. The molecule has 0 radical (unpaired) electrons. The molecule has 2 rings (SSSR count). The number of rotatable bonds is 7. The van der Waals surface area contributed by atoms with Gasteiger partial charge in [0.25, 0.3) is 5.91 Å². The summed E-state index contributed by atoms with van der Waals surface area (Å²) in [7, 11) is 4.05. The molecular weight excluding hydrogens is 331 g/mol. The number of ether oxygens (including phenoxy) is 1. The average Bonchev–Trinajstić information content (AvgIpc) is 2.54. The molecule has 0 aliphatic rings. The normalized spacial score (nSPS) is 12.0. The van der Waals surface area contributed by atoms with E-state index in [0.29, 0.717) is 0 Å². The third-order valence-electron chi connectivity index (χ3n) is 3.40. The van der Waals surface area contributed by atoms with E-state index >= 15 is 0 Å². The number of carbonyl (C=O) groups is 1. The van der Waals surface area contributed by atoms with Gasteiger partial charge in [0.1, 0.15) is 24.2 Å². The van der Waals surface area contributed by atoms with Crippen LogP contribution in [0.2, 0.25) is 5.02 Å². The molecule has 0 unspecified atom stereocenters. The van der Waals surface area contributed by atoms with Gasteiger partial charge in [-0.25, -0.2) is 4.39 Å². The molecule has 1 atom stereocenters. The molecule has 1 amide bonds. The lowest BCUT2D eigenvalue weighted by Crippen LogP contribution is -3.06. The van der Waals surface area contributed by atoms with Crippen LogP contribution in [0.3, 0.4) is 0 Å². The Labute approximate surface area is 146 Å². The van der Waals surface area contributed by atoms with E-state index in [4.69, 9.17) is 16.3 Å². The third kappa shape index (κ3) is 5.51. The first-order valence-electron chi connectivity index (χ1n) is 7.67. The predicted octanol–water partition coefficient (Wildman–Crippen LogP) is 1.86. The zero-order valence-electron chi connectivity index (χ0n) is 13.7. The summed E-state index contributed by atoms with van der Waals surface area (Å²) in [5, 5.41) is 3.10. The van der Waals surface area contributed by atoms with Crippen LogP contribution in [0.15, 0.2) is 48.5 Å². The Hall–Kier alpha value is -2.11. The first-order valence-corrected chi connectivity index (χ1v) is 8.04. The lowest BCUT2D eigenvalue weighted by atomic mass is 10.1. The molecular formula is C18H21ClFN2O2+. The summed E-state index contributed by atoms with van der Waals surface area (Å²) in [5.41, 5.74) is 1.03. The Morgan fingerprint density at radius 3 is 2.58 bits per heavy atom. The van der Waals surface area contributed by atoms with Gasteiger partial charge in [0.2, 0.25) is 0 Å². The van der Waals surface area contributed by atoms with Gasteiger partial charge in [-0.3, -0.25) is 4.79 Å². The highest BCUT2D eigenvalue weighted by molar-refractivity contribution is 6.32. The molecule has 6 heteroatoms. The first-order chi connectivity index (χ1) is 11.5. The lowest BCUT2D eigenvalue weighted by Gasteiger charge is -2.21. The molecule has 0 aliphatic carbocycles. The number of hydrogen-bond donors (Lipinski definition) is 2. The van der Waals surface area contributed by atoms with E-state index in [1.807, 2.05) is 44.4 Å². The number of amides is 1. The van der Waals surface area contributed by atoms with Crippen LogP contribution in [0.4, 0.5) is 4.39 Å². The van der Waals surface area contributed by atoms with Crippen LogP contribution in [-0.4, -0.2) is 33.2 Å². The highest BCUT2D eigenvalue weighted by Gasteiger charge is 2.18. The van der Waals surface area contributed by atoms with Crippen molar-refractivity contribution in [3.8, 4) is 5.75 Å². The molecule has 0 aromatic heterocycles. The summed E-state index contributed by atoms with van der Waals surface area (Å²) in [6.45, 7) is 0.560. The van der Waals surface area contributed by atoms with Crippen molar-refractivity contribution in [3.63, 3.8) is 0 Å². The second-order valence-corrected chi connectivity index (χ2v) is 6.21. The maximum atomic E-state index is 13.0. The van der Waals surface area contributed by atoms with Crippen LogP contribution in [0.25, 0.3) is 0 Å². The van der Waals surface area contributed by atoms with E-state index in [1.54, 1.807) is 0 Å². The van der Waals surface area contributed by atoms with E-state index in [-0.39, 0.29) is 29.3 Å². The van der Waals surface area contributed by atoms with E-state index in [0.717, 1.165) is 18.2 Å². The van der Waals surface area contributed by atoms with Crippen LogP contribution in [0.1, 0.15) is 11.6 Å². The van der Waals surface area contributed by atoms with Crippen LogP contribution >= 0.6 is 11.6 Å². The Kier molecular flexibility index (Phi) is 6.58. The topological polar surface area (TPSA) is 42.8 Å². The molecule has 4 nitrogen and oxygen atoms in total. The van der Waals surface area contributed by atoms with Crippen molar-refractivity contribution in [2.45, 2.75) is 6.04 Å². The highest BCUT2D eigenvalue weighted by atomic mass is 35.5. The van der Waals surface area contributed by atoms with Crippen LogP contribution in [0, 0.1) is 5.82 Å². The lowest BCUT2D eigenvalue weighted by molar-refractivity contribution is -0.860. The van der Waals surface area contributed by atoms with E-state index in [9.17, 15) is 9.18 Å². The second kappa shape index (κ2) is 8.66. The highest BCUT2D eigenvalue weighted by Crippen LogP contribution is 2.24. The molecule has 2 N–H and O–H groups in total. The van der Waals surface area contributed by atoms with Crippen molar-refractivity contribution in [2.24, 2.45) is 0 Å². The van der Waals surface area contributed by atoms with Crippen molar-refractivity contribution in [1.29, 1.82) is 0 Å². The van der Waals surface area contributed by atoms with Crippen molar-refractivity contribution in [3.05, 3.63) is 64.9 Å². The molecule has 0 fully saturated rings. The van der Waals surface area contributed by atoms with Crippen LogP contribution in [-0.2, 0) is 4.79 Å². The number of carbonyl (C=O) groups excluding carboxylic acids is 1. The van der Waals surface area contributed by atoms with Gasteiger partial charge >= 0.3 is 0 Å². The molecule has 2 aromatic carbocycles. The van der Waals surface area contributed by atoms with Gasteiger partial charge in [0.15, 0.2) is 6.61 Å². The van der Waals surface area contributed by atoms with Gasteiger partial charge in [0.05, 0.1) is 19.1 Å². The fourth-order valence-electron chi connectivity index (χ4n) is 2.32. The second-order valence-electron chi connectivity index (χ2n) is 5.81. The predicted molar refractivity (Wildman–Crippen MR) is 91.9 cm³/mol. The molecule has 0 bridgehead atoms. The number of benzene rings is 2. The smallest absolute Gasteiger partial charge is 0.258 e. The molecule has 0 spiro atoms. The summed E-state index contributed by atoms with van der Waals surface area (Å²) >= 11 is 5.88. The number of quaternary nitrogens is 1. The maximum absolute atomic E-state index is 13.0. The minimum absolute atomic E-state index is 0.115. The quantitative estimate of drug-likeness (QED) is 0.799. The average molecular weight is 352 g/mol. The zero-order valence-corrected chi connectivity index (χ0v) is 14.4. The summed E-state index contributed by atoms with van der Waals surface area (Å²) in [6, 6.07) is 13.4. The number of hydrogen-bond acceptors (Lipinski definition) is 2. The van der Waals surface area contributed by atoms with E-state index in [2.05, 4.69) is 5.32 Å². The Bertz CT molecular complexity index is 680. The van der Waals surface area contributed by atoms with Crippen molar-refractivity contribution >= 4 is 17.5 Å². The third-order valence-corrected chi connectivity index (χ3v) is 3.70. The molecule has 24 heavy (non-hydrogen) atoms. The standard InChI is InChI=1S/C18H20ClFN2O2/c1-22(2)11-16(13-6-4-3-5-7-13)21-18(23)12-24-17-9-8-14(20)10-15(17)19/h3-10,16H,11-12H2,1-2H3,(H,21,23)/p+1/t16-/m1/s1. The first kappa shape index (κ1) is 18.2. The summed E-state index contributed by atoms with van der Waals surface area (Å²) < 4.78 is 18.4. The van der Waals surface area contributed by atoms with Crippen molar-refractivity contribution in [2.75, 3.05) is 27.2 Å². The van der Waals surface area contributed by atoms with Gasteiger partial charge in [-0.1, -0.05) is 41.9 Å². The molecule has 0 heterocycles. The van der Waals surface area contributed by atoms with Crippen molar-refractivity contribution < 1.29 is 18.8 Å². The maximum Gasteiger partial charge on any atom is 0.258 e. The summed E-state index contributed by atoms with van der Waals surface area (Å²) in [4.78, 5) is 13.4. The van der Waals surface area contributed by atoms with Gasteiger partial charge in [-0.15, -0.1) is 0 Å². The SMILES string of the molecule is C[NH+](C)C[C@@H](NC(=O)COc1ccc(F)cc1Cl)c1ccccc1. The molecule has 2 aromatic rings. The zero-order chi connectivity index (χ0) is 17.5. The van der Waals surface area contributed by atoms with E-state index in [1.165, 1.54) is 17.0 Å². The number of nitrogens with one attached hydrogen (secondary N) is 2. The fraction of sp³-hybridized carbons (Fsp3) is 0.278. The van der Waals surface area contributed by atoms with E-state index < -0.39 is 5.82 Å². The number of halogens is 2. The molecule has 0 saturated heterocycles. The van der Waals surface area contributed by atoms with Gasteiger partial charge in [-0.05, 0) is 23.8 Å².